The first-order chi connectivity index (χ1) is 8.21. The molecule has 0 amide bonds. The highest BCUT2D eigenvalue weighted by Crippen LogP contribution is 2.05. The number of nitrogens with two attached hydrogens (primary N) is 1. The third-order valence-electron chi connectivity index (χ3n) is 2.49. The highest BCUT2D eigenvalue weighted by Gasteiger charge is 2.03. The Hall–Kier alpha value is -1.99. The highest BCUT2D eigenvalue weighted by molar-refractivity contribution is 5.97. The summed E-state index contributed by atoms with van der Waals surface area (Å²) in [7, 11) is 0. The van der Waals surface area contributed by atoms with Gasteiger partial charge in [-0.2, -0.15) is 0 Å². The molecule has 0 aliphatic carbocycles. The standard InChI is InChI=1S/C13H17N3O/c1-3-12(4-2)15-9-10-6-5-7-11(8-10)13(14)16-17/h1,5-8,12,15,17H,4,9H2,2H3,(H2,14,16). The van der Waals surface area contributed by atoms with Gasteiger partial charge in [0.25, 0.3) is 0 Å². The van der Waals surface area contributed by atoms with Crippen LogP contribution in [0.2, 0.25) is 0 Å². The van der Waals surface area contributed by atoms with Gasteiger partial charge in [-0.05, 0) is 18.1 Å². The number of benzene rings is 1. The molecule has 1 rings (SSSR count). The number of amidine groups is 1. The van der Waals surface area contributed by atoms with Crippen molar-refractivity contribution in [3.8, 4) is 12.3 Å². The Kier molecular flexibility index (Phi) is 5.05. The molecule has 1 atom stereocenters. The topological polar surface area (TPSA) is 70.6 Å². The molecule has 0 saturated carbocycles. The Morgan fingerprint density at radius 3 is 3.00 bits per heavy atom. The van der Waals surface area contributed by atoms with Gasteiger partial charge in [0.05, 0.1) is 6.04 Å². The van der Waals surface area contributed by atoms with Crippen LogP contribution in [0.25, 0.3) is 0 Å². The minimum Gasteiger partial charge on any atom is -0.409 e. The van der Waals surface area contributed by atoms with E-state index in [1.165, 1.54) is 0 Å². The molecule has 0 aromatic heterocycles. The normalized spacial score (nSPS) is 13.1. The summed E-state index contributed by atoms with van der Waals surface area (Å²) in [4.78, 5) is 0. The molecule has 0 saturated heterocycles. The van der Waals surface area contributed by atoms with Crippen LogP contribution in [0.4, 0.5) is 0 Å². The number of hydrogen-bond acceptors (Lipinski definition) is 3. The van der Waals surface area contributed by atoms with Crippen molar-refractivity contribution in [1.82, 2.24) is 5.32 Å². The summed E-state index contributed by atoms with van der Waals surface area (Å²) in [5.74, 6) is 2.78. The lowest BCUT2D eigenvalue weighted by molar-refractivity contribution is 0.318. The minimum absolute atomic E-state index is 0.0718. The van der Waals surface area contributed by atoms with Crippen LogP contribution in [-0.4, -0.2) is 17.1 Å². The van der Waals surface area contributed by atoms with Crippen molar-refractivity contribution < 1.29 is 5.21 Å². The Morgan fingerprint density at radius 2 is 2.41 bits per heavy atom. The van der Waals surface area contributed by atoms with Gasteiger partial charge in [0.15, 0.2) is 5.84 Å². The Labute approximate surface area is 102 Å². The van der Waals surface area contributed by atoms with E-state index in [2.05, 4.69) is 16.4 Å². The first kappa shape index (κ1) is 13.1. The average molecular weight is 231 g/mol. The number of hydrogen-bond donors (Lipinski definition) is 3. The van der Waals surface area contributed by atoms with Crippen molar-refractivity contribution in [2.45, 2.75) is 25.9 Å². The highest BCUT2D eigenvalue weighted by atomic mass is 16.4. The molecular formula is C13H17N3O. The van der Waals surface area contributed by atoms with Crippen LogP contribution in [0, 0.1) is 12.3 Å². The summed E-state index contributed by atoms with van der Waals surface area (Å²) < 4.78 is 0. The molecule has 1 unspecified atom stereocenters. The fourth-order valence-corrected chi connectivity index (χ4v) is 1.46. The van der Waals surface area contributed by atoms with E-state index in [0.29, 0.717) is 12.1 Å². The molecular weight excluding hydrogens is 214 g/mol. The largest absolute Gasteiger partial charge is 0.409 e. The fraction of sp³-hybridized carbons (Fsp3) is 0.308. The van der Waals surface area contributed by atoms with Crippen molar-refractivity contribution in [1.29, 1.82) is 0 Å². The van der Waals surface area contributed by atoms with Crippen LogP contribution in [0.3, 0.4) is 0 Å². The quantitative estimate of drug-likeness (QED) is 0.235. The molecule has 0 fully saturated rings. The Morgan fingerprint density at radius 1 is 1.65 bits per heavy atom. The maximum atomic E-state index is 8.59. The van der Waals surface area contributed by atoms with Gasteiger partial charge in [0.1, 0.15) is 0 Å². The van der Waals surface area contributed by atoms with Crippen molar-refractivity contribution in [2.24, 2.45) is 10.9 Å². The van der Waals surface area contributed by atoms with E-state index in [9.17, 15) is 0 Å². The van der Waals surface area contributed by atoms with Gasteiger partial charge in [-0.3, -0.25) is 5.32 Å². The predicted octanol–water partition coefficient (Wildman–Crippen LogP) is 1.28. The number of nitrogens with zero attached hydrogens (tertiary/aromatic N) is 1. The van der Waals surface area contributed by atoms with Crippen LogP contribution in [-0.2, 0) is 6.54 Å². The van der Waals surface area contributed by atoms with E-state index in [0.717, 1.165) is 12.0 Å². The zero-order chi connectivity index (χ0) is 12.7. The Balaban J connectivity index is 2.70. The molecule has 17 heavy (non-hydrogen) atoms. The molecule has 0 heterocycles. The third-order valence-corrected chi connectivity index (χ3v) is 2.49. The zero-order valence-electron chi connectivity index (χ0n) is 9.85. The molecule has 4 heteroatoms. The molecule has 0 bridgehead atoms. The van der Waals surface area contributed by atoms with E-state index in [-0.39, 0.29) is 11.9 Å². The molecule has 0 aliphatic heterocycles. The SMILES string of the molecule is C#CC(CC)NCc1cccc(/C(N)=N/O)c1. The minimum atomic E-state index is 0.0718. The molecule has 4 N–H and O–H groups in total. The average Bonchev–Trinajstić information content (AvgIpc) is 2.39. The van der Waals surface area contributed by atoms with E-state index >= 15 is 0 Å². The van der Waals surface area contributed by atoms with Crippen molar-refractivity contribution in [2.75, 3.05) is 0 Å². The van der Waals surface area contributed by atoms with Crippen molar-refractivity contribution in [3.05, 3.63) is 35.4 Å². The van der Waals surface area contributed by atoms with E-state index in [4.69, 9.17) is 17.4 Å². The fourth-order valence-electron chi connectivity index (χ4n) is 1.46. The molecule has 1 aromatic carbocycles. The third kappa shape index (κ3) is 3.82. The smallest absolute Gasteiger partial charge is 0.170 e. The lowest BCUT2D eigenvalue weighted by Gasteiger charge is -2.11. The van der Waals surface area contributed by atoms with Gasteiger partial charge < -0.3 is 10.9 Å². The van der Waals surface area contributed by atoms with Crippen molar-refractivity contribution >= 4 is 5.84 Å². The van der Waals surface area contributed by atoms with Gasteiger partial charge in [-0.25, -0.2) is 0 Å². The van der Waals surface area contributed by atoms with E-state index < -0.39 is 0 Å². The number of rotatable bonds is 5. The molecule has 4 nitrogen and oxygen atoms in total. The lowest BCUT2D eigenvalue weighted by atomic mass is 10.1. The van der Waals surface area contributed by atoms with E-state index in [1.807, 2.05) is 25.1 Å². The second kappa shape index (κ2) is 6.56. The molecule has 0 spiro atoms. The maximum Gasteiger partial charge on any atom is 0.170 e. The zero-order valence-corrected chi connectivity index (χ0v) is 9.85. The molecule has 0 aliphatic rings. The van der Waals surface area contributed by atoms with Crippen LogP contribution < -0.4 is 11.1 Å². The molecule has 0 radical (unpaired) electrons. The number of oxime groups is 1. The monoisotopic (exact) mass is 231 g/mol. The summed E-state index contributed by atoms with van der Waals surface area (Å²) >= 11 is 0. The predicted molar refractivity (Wildman–Crippen MR) is 68.7 cm³/mol. The van der Waals surface area contributed by atoms with Gasteiger partial charge in [0, 0.05) is 12.1 Å². The van der Waals surface area contributed by atoms with Gasteiger partial charge in [-0.1, -0.05) is 36.2 Å². The van der Waals surface area contributed by atoms with E-state index in [1.54, 1.807) is 6.07 Å². The first-order valence-electron chi connectivity index (χ1n) is 5.47. The molecule has 90 valence electrons. The summed E-state index contributed by atoms with van der Waals surface area (Å²) in [6.45, 7) is 2.69. The van der Waals surface area contributed by atoms with Crippen LogP contribution in [0.1, 0.15) is 24.5 Å². The van der Waals surface area contributed by atoms with Gasteiger partial charge in [0.2, 0.25) is 0 Å². The molecule has 1 aromatic rings. The second-order valence-corrected chi connectivity index (χ2v) is 3.69. The summed E-state index contributed by atoms with van der Waals surface area (Å²) in [5.41, 5.74) is 7.26. The van der Waals surface area contributed by atoms with Crippen LogP contribution >= 0.6 is 0 Å². The lowest BCUT2D eigenvalue weighted by Crippen LogP contribution is -2.26. The maximum absolute atomic E-state index is 8.59. The first-order valence-corrected chi connectivity index (χ1v) is 5.47. The van der Waals surface area contributed by atoms with Crippen molar-refractivity contribution in [3.63, 3.8) is 0 Å². The van der Waals surface area contributed by atoms with Gasteiger partial charge >= 0.3 is 0 Å². The number of nitrogens with one attached hydrogen (secondary N) is 1. The van der Waals surface area contributed by atoms with Crippen LogP contribution in [0.15, 0.2) is 29.4 Å². The van der Waals surface area contributed by atoms with Gasteiger partial charge in [-0.15, -0.1) is 6.42 Å². The Bertz CT molecular complexity index is 435. The number of terminal acetylenes is 1. The summed E-state index contributed by atoms with van der Waals surface area (Å²) in [5, 5.41) is 14.8. The second-order valence-electron chi connectivity index (χ2n) is 3.69. The summed E-state index contributed by atoms with van der Waals surface area (Å²) in [6, 6.07) is 7.55. The van der Waals surface area contributed by atoms with Crippen LogP contribution in [0.5, 0.6) is 0 Å². The summed E-state index contributed by atoms with van der Waals surface area (Å²) in [6.07, 6.45) is 6.25.